The van der Waals surface area contributed by atoms with Crippen LogP contribution in [0.4, 0.5) is 14.6 Å². The first-order chi connectivity index (χ1) is 12.0. The van der Waals surface area contributed by atoms with Crippen molar-refractivity contribution in [3.8, 4) is 11.1 Å². The number of pyridine rings is 1. The summed E-state index contributed by atoms with van der Waals surface area (Å²) in [6, 6.07) is 5.12. The zero-order valence-electron chi connectivity index (χ0n) is 14.4. The molecule has 3 rings (SSSR count). The predicted molar refractivity (Wildman–Crippen MR) is 95.1 cm³/mol. The smallest absolute Gasteiger partial charge is 0.257 e. The Kier molecular flexibility index (Phi) is 4.67. The number of nitrogens with one attached hydrogen (secondary N) is 2. The van der Waals surface area contributed by atoms with E-state index in [0.29, 0.717) is 17.9 Å². The first kappa shape index (κ1) is 17.3. The van der Waals surface area contributed by atoms with Crippen molar-refractivity contribution in [3.63, 3.8) is 0 Å². The first-order valence-electron chi connectivity index (χ1n) is 8.23. The molecule has 2 heterocycles. The third-order valence-corrected chi connectivity index (χ3v) is 4.27. The van der Waals surface area contributed by atoms with Crippen molar-refractivity contribution < 1.29 is 8.78 Å². The predicted octanol–water partition coefficient (Wildman–Crippen LogP) is 2.86. The zero-order chi connectivity index (χ0) is 18.1. The summed E-state index contributed by atoms with van der Waals surface area (Å²) >= 11 is 0. The van der Waals surface area contributed by atoms with Crippen LogP contribution in [0.2, 0.25) is 0 Å². The number of nitrogens with zero attached hydrogens (tertiary/aromatic N) is 2. The third-order valence-electron chi connectivity index (χ3n) is 4.27. The van der Waals surface area contributed by atoms with Gasteiger partial charge in [0.15, 0.2) is 17.9 Å². The van der Waals surface area contributed by atoms with Gasteiger partial charge < -0.3 is 9.88 Å². The molecule has 0 radical (unpaired) electrons. The van der Waals surface area contributed by atoms with Gasteiger partial charge in [-0.3, -0.25) is 10.1 Å². The highest BCUT2D eigenvalue weighted by Gasteiger charge is 2.26. The standard InChI is InChI=1S/C18H20F2N4O/c1-4-21-18-22-10(3)12-9-13(11-6-7-14(19)15(20)8-11)17(25)23-16(12)24(18)5-2/h6-9,18,21H,4-5H2,1-3H3,(H,23,25). The van der Waals surface area contributed by atoms with Crippen LogP contribution in [0.1, 0.15) is 26.3 Å². The van der Waals surface area contributed by atoms with Crippen LogP contribution in [0.25, 0.3) is 11.1 Å². The van der Waals surface area contributed by atoms with Crippen LogP contribution < -0.4 is 15.8 Å². The van der Waals surface area contributed by atoms with Crippen molar-refractivity contribution in [2.24, 2.45) is 4.99 Å². The molecule has 7 heteroatoms. The number of aliphatic imine (C=N–C) groups is 1. The lowest BCUT2D eigenvalue weighted by atomic mass is 10.0. The van der Waals surface area contributed by atoms with E-state index >= 15 is 0 Å². The normalized spacial score (nSPS) is 16.6. The minimum Gasteiger partial charge on any atom is -0.323 e. The quantitative estimate of drug-likeness (QED) is 0.895. The average molecular weight is 346 g/mol. The molecule has 0 aliphatic carbocycles. The van der Waals surface area contributed by atoms with Crippen molar-refractivity contribution in [3.05, 3.63) is 51.8 Å². The van der Waals surface area contributed by atoms with Gasteiger partial charge in [-0.1, -0.05) is 13.0 Å². The van der Waals surface area contributed by atoms with Crippen molar-refractivity contribution in [2.45, 2.75) is 27.1 Å². The van der Waals surface area contributed by atoms with Crippen LogP contribution in [0, 0.1) is 11.6 Å². The Morgan fingerprint density at radius 1 is 1.20 bits per heavy atom. The monoisotopic (exact) mass is 346 g/mol. The maximum absolute atomic E-state index is 13.5. The van der Waals surface area contributed by atoms with Crippen LogP contribution in [-0.4, -0.2) is 30.1 Å². The highest BCUT2D eigenvalue weighted by molar-refractivity contribution is 6.05. The topological polar surface area (TPSA) is 60.5 Å². The maximum atomic E-state index is 13.5. The fraction of sp³-hybridized carbons (Fsp3) is 0.333. The molecule has 2 aromatic rings. The molecule has 0 fully saturated rings. The largest absolute Gasteiger partial charge is 0.323 e. The highest BCUT2D eigenvalue weighted by Crippen LogP contribution is 2.28. The lowest BCUT2D eigenvalue weighted by Gasteiger charge is -2.35. The van der Waals surface area contributed by atoms with E-state index in [0.717, 1.165) is 30.0 Å². The van der Waals surface area contributed by atoms with Gasteiger partial charge in [0, 0.05) is 23.4 Å². The molecule has 1 atom stereocenters. The average Bonchev–Trinajstić information content (AvgIpc) is 2.58. The SMILES string of the molecule is CCNC1N=C(C)c2cc(-c3ccc(F)c(F)c3)c(=O)[nH]c2N1CC. The van der Waals surface area contributed by atoms with E-state index < -0.39 is 11.6 Å². The number of rotatable bonds is 4. The van der Waals surface area contributed by atoms with Gasteiger partial charge >= 0.3 is 0 Å². The second-order valence-electron chi connectivity index (χ2n) is 5.84. The Morgan fingerprint density at radius 3 is 2.60 bits per heavy atom. The van der Waals surface area contributed by atoms with E-state index in [1.54, 1.807) is 6.07 Å². The lowest BCUT2D eigenvalue weighted by molar-refractivity contribution is 0.509. The number of H-pyrrole nitrogens is 1. The minimum absolute atomic E-state index is 0.243. The molecule has 1 aromatic heterocycles. The van der Waals surface area contributed by atoms with Gasteiger partial charge in [0.1, 0.15) is 5.82 Å². The van der Waals surface area contributed by atoms with E-state index in [2.05, 4.69) is 15.3 Å². The molecule has 0 saturated heterocycles. The summed E-state index contributed by atoms with van der Waals surface area (Å²) in [5, 5.41) is 3.26. The van der Waals surface area contributed by atoms with Crippen molar-refractivity contribution in [2.75, 3.05) is 18.0 Å². The van der Waals surface area contributed by atoms with Crippen LogP contribution in [0.3, 0.4) is 0 Å². The molecule has 1 aromatic carbocycles. The maximum Gasteiger partial charge on any atom is 0.257 e. The molecule has 0 amide bonds. The summed E-state index contributed by atoms with van der Waals surface area (Å²) in [6.07, 6.45) is -0.243. The molecule has 1 unspecified atom stereocenters. The van der Waals surface area contributed by atoms with Crippen LogP contribution in [-0.2, 0) is 0 Å². The molecule has 0 bridgehead atoms. The Balaban J connectivity index is 2.14. The number of anilines is 1. The van der Waals surface area contributed by atoms with Crippen molar-refractivity contribution in [1.29, 1.82) is 0 Å². The van der Waals surface area contributed by atoms with Crippen LogP contribution >= 0.6 is 0 Å². The second kappa shape index (κ2) is 6.76. The Hall–Kier alpha value is -2.54. The molecule has 2 N–H and O–H groups in total. The first-order valence-corrected chi connectivity index (χ1v) is 8.23. The molecule has 5 nitrogen and oxygen atoms in total. The zero-order valence-corrected chi connectivity index (χ0v) is 14.4. The highest BCUT2D eigenvalue weighted by atomic mass is 19.2. The van der Waals surface area contributed by atoms with E-state index in [1.807, 2.05) is 25.7 Å². The van der Waals surface area contributed by atoms with Gasteiger partial charge in [-0.25, -0.2) is 13.8 Å². The molecule has 1 aliphatic heterocycles. The summed E-state index contributed by atoms with van der Waals surface area (Å²) in [5.41, 5.74) is 1.80. The van der Waals surface area contributed by atoms with Crippen LogP contribution in [0.15, 0.2) is 34.1 Å². The van der Waals surface area contributed by atoms with Gasteiger partial charge in [0.05, 0.1) is 0 Å². The summed E-state index contributed by atoms with van der Waals surface area (Å²) in [5.74, 6) is -1.25. The fourth-order valence-electron chi connectivity index (χ4n) is 3.02. The second-order valence-corrected chi connectivity index (χ2v) is 5.84. The number of hydrogen-bond acceptors (Lipinski definition) is 4. The van der Waals surface area contributed by atoms with Gasteiger partial charge in [-0.05, 0) is 44.2 Å². The van der Waals surface area contributed by atoms with E-state index in [1.165, 1.54) is 6.07 Å². The van der Waals surface area contributed by atoms with Crippen molar-refractivity contribution >= 4 is 11.5 Å². The number of hydrogen-bond donors (Lipinski definition) is 2. The Labute approximate surface area is 144 Å². The van der Waals surface area contributed by atoms with Crippen molar-refractivity contribution in [1.82, 2.24) is 10.3 Å². The van der Waals surface area contributed by atoms with E-state index in [9.17, 15) is 13.6 Å². The number of halogens is 2. The third kappa shape index (κ3) is 3.07. The van der Waals surface area contributed by atoms with Gasteiger partial charge in [-0.2, -0.15) is 0 Å². The molecule has 0 spiro atoms. The lowest BCUT2D eigenvalue weighted by Crippen LogP contribution is -2.48. The Bertz CT molecular complexity index is 891. The molecular weight excluding hydrogens is 326 g/mol. The molecule has 25 heavy (non-hydrogen) atoms. The number of fused-ring (bicyclic) bond motifs is 1. The molecule has 1 aliphatic rings. The molecular formula is C18H20F2N4O. The van der Waals surface area contributed by atoms with Crippen LogP contribution in [0.5, 0.6) is 0 Å². The van der Waals surface area contributed by atoms with Gasteiger partial charge in [0.2, 0.25) is 0 Å². The minimum atomic E-state index is -0.984. The summed E-state index contributed by atoms with van der Waals surface area (Å²) < 4.78 is 26.7. The van der Waals surface area contributed by atoms with E-state index in [-0.39, 0.29) is 17.4 Å². The van der Waals surface area contributed by atoms with Gasteiger partial charge in [0.25, 0.3) is 5.56 Å². The summed E-state index contributed by atoms with van der Waals surface area (Å²) in [4.78, 5) is 22.0. The van der Waals surface area contributed by atoms with Gasteiger partial charge in [-0.15, -0.1) is 0 Å². The number of benzene rings is 1. The molecule has 0 saturated carbocycles. The molecule has 132 valence electrons. The fourth-order valence-corrected chi connectivity index (χ4v) is 3.02. The van der Waals surface area contributed by atoms with E-state index in [4.69, 9.17) is 0 Å². The number of aromatic nitrogens is 1. The number of aromatic amines is 1. The summed E-state index contributed by atoms with van der Waals surface area (Å²) in [7, 11) is 0. The summed E-state index contributed by atoms with van der Waals surface area (Å²) in [6.45, 7) is 7.23. The Morgan fingerprint density at radius 2 is 1.96 bits per heavy atom.